The standard InChI is InChI=1S/C38H27BrN2OS/c39-28-13-12-20-34(23-28)42-35-25-32(40(29-14-4-1-5-15-29)30-16-6-2-7-17-30)24-33(26-35)41(31-18-8-3-9-19-31)37-27-43-38-22-11-10-21-36(37)38/h1-27H. The van der Waals surface area contributed by atoms with Crippen molar-refractivity contribution in [3.05, 3.63) is 168 Å². The van der Waals surface area contributed by atoms with E-state index in [1.54, 1.807) is 11.3 Å². The summed E-state index contributed by atoms with van der Waals surface area (Å²) in [6.45, 7) is 0. The first-order chi connectivity index (χ1) is 21.2. The molecule has 0 N–H and O–H groups in total. The molecule has 0 saturated heterocycles. The lowest BCUT2D eigenvalue weighted by molar-refractivity contribution is 0.482. The SMILES string of the molecule is Brc1cccc(Oc2cc(N(c3ccccc3)c3ccccc3)cc(N(c3ccccc3)c3csc4ccccc34)c2)c1. The normalized spacial score (nSPS) is 10.9. The van der Waals surface area contributed by atoms with Gasteiger partial charge in [-0.3, -0.25) is 0 Å². The van der Waals surface area contributed by atoms with Crippen LogP contribution in [0.15, 0.2) is 168 Å². The van der Waals surface area contributed by atoms with E-state index < -0.39 is 0 Å². The zero-order valence-electron chi connectivity index (χ0n) is 23.2. The third-order valence-electron chi connectivity index (χ3n) is 7.17. The Morgan fingerprint density at radius 1 is 0.465 bits per heavy atom. The lowest BCUT2D eigenvalue weighted by Crippen LogP contribution is -2.13. The van der Waals surface area contributed by atoms with E-state index in [2.05, 4.69) is 152 Å². The molecule has 1 aromatic heterocycles. The van der Waals surface area contributed by atoms with Gasteiger partial charge in [-0.25, -0.2) is 0 Å². The van der Waals surface area contributed by atoms with Gasteiger partial charge in [-0.15, -0.1) is 11.3 Å². The number of benzene rings is 6. The van der Waals surface area contributed by atoms with Crippen molar-refractivity contribution < 1.29 is 4.74 Å². The molecule has 0 aliphatic carbocycles. The number of nitrogens with zero attached hydrogens (tertiary/aromatic N) is 2. The molecule has 6 aromatic carbocycles. The quantitative estimate of drug-likeness (QED) is 0.165. The maximum Gasteiger partial charge on any atom is 0.131 e. The number of rotatable bonds is 8. The van der Waals surface area contributed by atoms with Crippen LogP contribution >= 0.6 is 27.3 Å². The maximum absolute atomic E-state index is 6.57. The molecular weight excluding hydrogens is 612 g/mol. The third kappa shape index (κ3) is 5.78. The van der Waals surface area contributed by atoms with Crippen LogP contribution in [-0.2, 0) is 0 Å². The van der Waals surface area contributed by atoms with Crippen LogP contribution in [0.4, 0.5) is 34.1 Å². The summed E-state index contributed by atoms with van der Waals surface area (Å²) in [5, 5.41) is 3.45. The van der Waals surface area contributed by atoms with Crippen LogP contribution < -0.4 is 14.5 Å². The predicted molar refractivity (Wildman–Crippen MR) is 185 cm³/mol. The van der Waals surface area contributed by atoms with E-state index in [-0.39, 0.29) is 0 Å². The van der Waals surface area contributed by atoms with Gasteiger partial charge in [-0.1, -0.05) is 94.8 Å². The lowest BCUT2D eigenvalue weighted by atomic mass is 10.1. The van der Waals surface area contributed by atoms with Gasteiger partial charge in [-0.05, 0) is 66.7 Å². The van der Waals surface area contributed by atoms with Crippen molar-refractivity contribution in [2.75, 3.05) is 9.80 Å². The van der Waals surface area contributed by atoms with Crippen molar-refractivity contribution in [1.82, 2.24) is 0 Å². The fourth-order valence-corrected chi connectivity index (χ4v) is 6.60. The Morgan fingerprint density at radius 2 is 1.02 bits per heavy atom. The van der Waals surface area contributed by atoms with Gasteiger partial charge in [0.25, 0.3) is 0 Å². The number of hydrogen-bond acceptors (Lipinski definition) is 4. The molecular formula is C38H27BrN2OS. The largest absolute Gasteiger partial charge is 0.457 e. The highest BCUT2D eigenvalue weighted by atomic mass is 79.9. The zero-order valence-corrected chi connectivity index (χ0v) is 25.6. The lowest BCUT2D eigenvalue weighted by Gasteiger charge is -2.30. The highest BCUT2D eigenvalue weighted by Crippen LogP contribution is 2.46. The molecule has 0 unspecified atom stereocenters. The first-order valence-electron chi connectivity index (χ1n) is 14.0. The minimum Gasteiger partial charge on any atom is -0.457 e. The molecule has 5 heteroatoms. The summed E-state index contributed by atoms with van der Waals surface area (Å²) in [5.74, 6) is 1.50. The topological polar surface area (TPSA) is 15.7 Å². The molecule has 0 aliphatic rings. The van der Waals surface area contributed by atoms with Crippen molar-refractivity contribution in [3.8, 4) is 11.5 Å². The molecule has 0 fully saturated rings. The predicted octanol–water partition coefficient (Wildman–Crippen LogP) is 12.4. The van der Waals surface area contributed by atoms with Gasteiger partial charge in [0.2, 0.25) is 0 Å². The van der Waals surface area contributed by atoms with E-state index in [9.17, 15) is 0 Å². The molecule has 0 atom stereocenters. The second-order valence-electron chi connectivity index (χ2n) is 10.0. The Balaban J connectivity index is 1.47. The third-order valence-corrected chi connectivity index (χ3v) is 8.61. The maximum atomic E-state index is 6.57. The molecule has 43 heavy (non-hydrogen) atoms. The van der Waals surface area contributed by atoms with Crippen LogP contribution in [0.3, 0.4) is 0 Å². The summed E-state index contributed by atoms with van der Waals surface area (Å²) < 4.78 is 8.78. The Labute approximate surface area is 264 Å². The molecule has 7 rings (SSSR count). The fourth-order valence-electron chi connectivity index (χ4n) is 5.29. The van der Waals surface area contributed by atoms with Gasteiger partial charge < -0.3 is 14.5 Å². The highest BCUT2D eigenvalue weighted by molar-refractivity contribution is 9.10. The average Bonchev–Trinajstić information content (AvgIpc) is 3.47. The Morgan fingerprint density at radius 3 is 1.65 bits per heavy atom. The van der Waals surface area contributed by atoms with Crippen molar-refractivity contribution >= 4 is 71.5 Å². The molecule has 0 radical (unpaired) electrons. The molecule has 1 heterocycles. The molecule has 3 nitrogen and oxygen atoms in total. The number of hydrogen-bond donors (Lipinski definition) is 0. The summed E-state index contributed by atoms with van der Waals surface area (Å²) in [5.41, 5.74) is 6.30. The first kappa shape index (κ1) is 27.0. The van der Waals surface area contributed by atoms with Gasteiger partial charge >= 0.3 is 0 Å². The Kier molecular flexibility index (Phi) is 7.65. The van der Waals surface area contributed by atoms with Gasteiger partial charge in [0.05, 0.1) is 17.1 Å². The molecule has 0 bridgehead atoms. The van der Waals surface area contributed by atoms with Crippen molar-refractivity contribution in [1.29, 1.82) is 0 Å². The van der Waals surface area contributed by atoms with E-state index >= 15 is 0 Å². The van der Waals surface area contributed by atoms with E-state index in [1.807, 2.05) is 36.4 Å². The van der Waals surface area contributed by atoms with Crippen LogP contribution in [0.1, 0.15) is 0 Å². The van der Waals surface area contributed by atoms with Crippen LogP contribution in [0, 0.1) is 0 Å². The van der Waals surface area contributed by atoms with Crippen molar-refractivity contribution in [3.63, 3.8) is 0 Å². The minimum absolute atomic E-state index is 0.739. The van der Waals surface area contributed by atoms with E-state index in [4.69, 9.17) is 4.74 Å². The Hall–Kier alpha value is -4.84. The highest BCUT2D eigenvalue weighted by Gasteiger charge is 2.21. The van der Waals surface area contributed by atoms with E-state index in [0.717, 1.165) is 50.1 Å². The van der Waals surface area contributed by atoms with Gasteiger partial charge in [0, 0.05) is 49.1 Å². The second kappa shape index (κ2) is 12.2. The number of thiophene rings is 1. The van der Waals surface area contributed by atoms with Gasteiger partial charge in [0.1, 0.15) is 11.5 Å². The molecule has 0 saturated carbocycles. The fraction of sp³-hybridized carbons (Fsp3) is 0. The van der Waals surface area contributed by atoms with E-state index in [1.165, 1.54) is 10.1 Å². The van der Waals surface area contributed by atoms with Crippen molar-refractivity contribution in [2.24, 2.45) is 0 Å². The Bertz CT molecular complexity index is 1940. The average molecular weight is 640 g/mol. The molecule has 0 spiro atoms. The number of anilines is 6. The summed E-state index contributed by atoms with van der Waals surface area (Å²) >= 11 is 5.35. The van der Waals surface area contributed by atoms with E-state index in [0.29, 0.717) is 0 Å². The van der Waals surface area contributed by atoms with Gasteiger partial charge in [-0.2, -0.15) is 0 Å². The monoisotopic (exact) mass is 638 g/mol. The summed E-state index contributed by atoms with van der Waals surface area (Å²) in [7, 11) is 0. The minimum atomic E-state index is 0.739. The van der Waals surface area contributed by atoms with Crippen molar-refractivity contribution in [2.45, 2.75) is 0 Å². The molecule has 7 aromatic rings. The molecule has 208 valence electrons. The van der Waals surface area contributed by atoms with Gasteiger partial charge in [0.15, 0.2) is 0 Å². The number of para-hydroxylation sites is 3. The first-order valence-corrected chi connectivity index (χ1v) is 15.7. The second-order valence-corrected chi connectivity index (χ2v) is 11.9. The number of ether oxygens (including phenoxy) is 1. The van der Waals surface area contributed by atoms with Crippen LogP contribution in [0.5, 0.6) is 11.5 Å². The summed E-state index contributed by atoms with van der Waals surface area (Å²) in [6, 6.07) is 54.4. The van der Waals surface area contributed by atoms with Crippen LogP contribution in [0.2, 0.25) is 0 Å². The summed E-state index contributed by atoms with van der Waals surface area (Å²) in [4.78, 5) is 4.59. The zero-order chi connectivity index (χ0) is 29.0. The van der Waals surface area contributed by atoms with Crippen LogP contribution in [-0.4, -0.2) is 0 Å². The smallest absolute Gasteiger partial charge is 0.131 e. The molecule has 0 amide bonds. The van der Waals surface area contributed by atoms with Crippen LogP contribution in [0.25, 0.3) is 10.1 Å². The number of halogens is 1. The molecule has 0 aliphatic heterocycles. The number of fused-ring (bicyclic) bond motifs is 1. The summed E-state index contributed by atoms with van der Waals surface area (Å²) in [6.07, 6.45) is 0.